The smallest absolute Gasteiger partial charge is 0.201 e. The molecule has 2 rings (SSSR count). The van der Waals surface area contributed by atoms with Crippen LogP contribution < -0.4 is 4.74 Å². The molecule has 0 radical (unpaired) electrons. The minimum absolute atomic E-state index is 0.0883. The van der Waals surface area contributed by atoms with Gasteiger partial charge in [-0.05, 0) is 55.4 Å². The van der Waals surface area contributed by atoms with Gasteiger partial charge in [0, 0.05) is 0 Å². The lowest BCUT2D eigenvalue weighted by atomic mass is 10.0. The maximum absolute atomic E-state index is 14.1. The van der Waals surface area contributed by atoms with Crippen LogP contribution in [0.25, 0.3) is 0 Å². The van der Waals surface area contributed by atoms with E-state index in [4.69, 9.17) is 4.74 Å². The summed E-state index contributed by atoms with van der Waals surface area (Å²) in [6.07, 6.45) is 7.55. The van der Waals surface area contributed by atoms with Gasteiger partial charge in [-0.3, -0.25) is 0 Å². The fourth-order valence-electron chi connectivity index (χ4n) is 2.53. The van der Waals surface area contributed by atoms with Crippen molar-refractivity contribution in [1.82, 2.24) is 0 Å². The molecule has 0 amide bonds. The van der Waals surface area contributed by atoms with Gasteiger partial charge in [-0.15, -0.1) is 0 Å². The van der Waals surface area contributed by atoms with Crippen LogP contribution in [0.15, 0.2) is 48.7 Å². The predicted octanol–water partition coefficient (Wildman–Crippen LogP) is 6.01. The average molecular weight is 330 g/mol. The van der Waals surface area contributed by atoms with E-state index in [1.807, 2.05) is 0 Å². The zero-order valence-corrected chi connectivity index (χ0v) is 14.3. The largest absolute Gasteiger partial charge is 0.462 e. The second-order valence-electron chi connectivity index (χ2n) is 5.86. The lowest BCUT2D eigenvalue weighted by Gasteiger charge is -2.08. The molecular formula is C21H24F2O. The van der Waals surface area contributed by atoms with E-state index in [1.165, 1.54) is 30.7 Å². The molecule has 0 aliphatic heterocycles. The van der Waals surface area contributed by atoms with E-state index >= 15 is 0 Å². The van der Waals surface area contributed by atoms with E-state index in [0.29, 0.717) is 18.4 Å². The van der Waals surface area contributed by atoms with Gasteiger partial charge in [0.25, 0.3) is 0 Å². The first kappa shape index (κ1) is 18.2. The molecule has 3 heteroatoms. The first-order chi connectivity index (χ1) is 11.7. The van der Waals surface area contributed by atoms with Gasteiger partial charge in [0.05, 0.1) is 6.26 Å². The summed E-state index contributed by atoms with van der Waals surface area (Å²) in [7, 11) is 0. The Kier molecular flexibility index (Phi) is 6.98. The van der Waals surface area contributed by atoms with Crippen molar-refractivity contribution in [2.45, 2.75) is 46.0 Å². The third-order valence-corrected chi connectivity index (χ3v) is 3.98. The number of hydrogen-bond acceptors (Lipinski definition) is 1. The van der Waals surface area contributed by atoms with Gasteiger partial charge in [0.1, 0.15) is 0 Å². The molecule has 2 aromatic carbocycles. The van der Waals surface area contributed by atoms with E-state index in [1.54, 1.807) is 19.1 Å². The zero-order valence-electron chi connectivity index (χ0n) is 14.3. The van der Waals surface area contributed by atoms with Crippen molar-refractivity contribution in [2.75, 3.05) is 0 Å². The lowest BCUT2D eigenvalue weighted by molar-refractivity contribution is 0.411. The highest BCUT2D eigenvalue weighted by Gasteiger charge is 2.14. The third-order valence-electron chi connectivity index (χ3n) is 3.98. The SMILES string of the molecule is C/C=C/Oc1ccc(CCc2ccc(CCCC)cc2)c(F)c1F. The molecule has 0 saturated heterocycles. The second-order valence-corrected chi connectivity index (χ2v) is 5.86. The molecule has 0 aromatic heterocycles. The molecular weight excluding hydrogens is 306 g/mol. The molecule has 0 fully saturated rings. The molecule has 2 aromatic rings. The summed E-state index contributed by atoms with van der Waals surface area (Å²) in [4.78, 5) is 0. The number of allylic oxidation sites excluding steroid dienone is 1. The van der Waals surface area contributed by atoms with Crippen molar-refractivity contribution < 1.29 is 13.5 Å². The number of aryl methyl sites for hydroxylation is 3. The van der Waals surface area contributed by atoms with E-state index in [2.05, 4.69) is 31.2 Å². The second kappa shape index (κ2) is 9.21. The number of benzene rings is 2. The third kappa shape index (κ3) is 4.92. The summed E-state index contributed by atoms with van der Waals surface area (Å²) in [5.41, 5.74) is 2.82. The van der Waals surface area contributed by atoms with Gasteiger partial charge in [-0.25, -0.2) is 4.39 Å². The van der Waals surface area contributed by atoms with Crippen LogP contribution in [-0.4, -0.2) is 0 Å². The molecule has 0 aliphatic rings. The predicted molar refractivity (Wildman–Crippen MR) is 94.3 cm³/mol. The van der Waals surface area contributed by atoms with Crippen LogP contribution in [0.2, 0.25) is 0 Å². The van der Waals surface area contributed by atoms with Crippen LogP contribution in [0.4, 0.5) is 8.78 Å². The molecule has 0 N–H and O–H groups in total. The number of hydrogen-bond donors (Lipinski definition) is 0. The Labute approximate surface area is 143 Å². The molecule has 0 atom stereocenters. The van der Waals surface area contributed by atoms with Gasteiger partial charge in [-0.1, -0.05) is 49.8 Å². The summed E-state index contributed by atoms with van der Waals surface area (Å²) >= 11 is 0. The number of ether oxygens (including phenoxy) is 1. The molecule has 0 aliphatic carbocycles. The topological polar surface area (TPSA) is 9.23 Å². The van der Waals surface area contributed by atoms with Crippen LogP contribution >= 0.6 is 0 Å². The fourth-order valence-corrected chi connectivity index (χ4v) is 2.53. The van der Waals surface area contributed by atoms with E-state index in [9.17, 15) is 8.78 Å². The summed E-state index contributed by atoms with van der Waals surface area (Å²) in [5.74, 6) is -1.84. The monoisotopic (exact) mass is 330 g/mol. The Bertz CT molecular complexity index is 675. The molecule has 0 heterocycles. The van der Waals surface area contributed by atoms with Crippen molar-refractivity contribution in [3.05, 3.63) is 77.1 Å². The van der Waals surface area contributed by atoms with E-state index in [0.717, 1.165) is 12.0 Å². The van der Waals surface area contributed by atoms with Crippen molar-refractivity contribution >= 4 is 0 Å². The Hall–Kier alpha value is -2.16. The lowest BCUT2D eigenvalue weighted by Crippen LogP contribution is -2.00. The van der Waals surface area contributed by atoms with Crippen LogP contribution in [-0.2, 0) is 19.3 Å². The number of rotatable bonds is 8. The molecule has 0 unspecified atom stereocenters. The van der Waals surface area contributed by atoms with Gasteiger partial charge in [-0.2, -0.15) is 4.39 Å². The minimum Gasteiger partial charge on any atom is -0.462 e. The van der Waals surface area contributed by atoms with E-state index < -0.39 is 11.6 Å². The van der Waals surface area contributed by atoms with Gasteiger partial charge < -0.3 is 4.74 Å². The highest BCUT2D eigenvalue weighted by Crippen LogP contribution is 2.24. The zero-order chi connectivity index (χ0) is 17.4. The van der Waals surface area contributed by atoms with Crippen LogP contribution in [0, 0.1) is 11.6 Å². The number of halogens is 2. The maximum atomic E-state index is 14.1. The van der Waals surface area contributed by atoms with Crippen LogP contribution in [0.3, 0.4) is 0 Å². The maximum Gasteiger partial charge on any atom is 0.201 e. The Morgan fingerprint density at radius 2 is 1.54 bits per heavy atom. The molecule has 0 bridgehead atoms. The summed E-state index contributed by atoms with van der Waals surface area (Å²) in [5, 5.41) is 0. The van der Waals surface area contributed by atoms with Crippen molar-refractivity contribution in [1.29, 1.82) is 0 Å². The van der Waals surface area contributed by atoms with Crippen molar-refractivity contribution in [2.24, 2.45) is 0 Å². The molecule has 0 saturated carbocycles. The van der Waals surface area contributed by atoms with Crippen LogP contribution in [0.5, 0.6) is 5.75 Å². The summed E-state index contributed by atoms with van der Waals surface area (Å²) in [6, 6.07) is 11.5. The first-order valence-electron chi connectivity index (χ1n) is 8.48. The normalized spacial score (nSPS) is 11.2. The standard InChI is InChI=1S/C21H24F2O/c1-3-5-6-16-7-9-17(10-8-16)11-12-18-13-14-19(24-15-4-2)21(23)20(18)22/h4,7-10,13-15H,3,5-6,11-12H2,1-2H3/b15-4+. The first-order valence-corrected chi connectivity index (χ1v) is 8.48. The summed E-state index contributed by atoms with van der Waals surface area (Å²) < 4.78 is 33.1. The average Bonchev–Trinajstić information content (AvgIpc) is 2.61. The molecule has 0 spiro atoms. The van der Waals surface area contributed by atoms with Gasteiger partial charge >= 0.3 is 0 Å². The van der Waals surface area contributed by atoms with Gasteiger partial charge in [0.15, 0.2) is 11.6 Å². The Morgan fingerprint density at radius 3 is 2.17 bits per heavy atom. The fraction of sp³-hybridized carbons (Fsp3) is 0.333. The molecule has 128 valence electrons. The van der Waals surface area contributed by atoms with Gasteiger partial charge in [0.2, 0.25) is 5.82 Å². The van der Waals surface area contributed by atoms with Crippen molar-refractivity contribution in [3.63, 3.8) is 0 Å². The van der Waals surface area contributed by atoms with E-state index in [-0.39, 0.29) is 5.75 Å². The Morgan fingerprint density at radius 1 is 0.875 bits per heavy atom. The van der Waals surface area contributed by atoms with Crippen molar-refractivity contribution in [3.8, 4) is 5.75 Å². The highest BCUT2D eigenvalue weighted by atomic mass is 19.2. The molecule has 24 heavy (non-hydrogen) atoms. The van der Waals surface area contributed by atoms with Crippen LogP contribution in [0.1, 0.15) is 43.4 Å². The summed E-state index contributed by atoms with van der Waals surface area (Å²) in [6.45, 7) is 3.92. The quantitative estimate of drug-likeness (QED) is 0.539. The molecule has 1 nitrogen and oxygen atoms in total. The Balaban J connectivity index is 2.00. The highest BCUT2D eigenvalue weighted by molar-refractivity contribution is 5.32. The minimum atomic E-state index is -0.930. The number of unbranched alkanes of at least 4 members (excludes halogenated alkanes) is 1.